The monoisotopic (exact) mass is 1210 g/mol. The van der Waals surface area contributed by atoms with Crippen LogP contribution < -0.4 is 10.2 Å². The highest BCUT2D eigenvalue weighted by molar-refractivity contribution is 7.45. The van der Waals surface area contributed by atoms with Gasteiger partial charge in [-0.2, -0.15) is 0 Å². The number of nitrogens with zero attached hydrogens (tertiary/aromatic N) is 1. The highest BCUT2D eigenvalue weighted by Gasteiger charge is 2.23. The minimum atomic E-state index is -4.63. The van der Waals surface area contributed by atoms with Crippen LogP contribution in [0.25, 0.3) is 0 Å². The largest absolute Gasteiger partial charge is 0.756 e. The van der Waals surface area contributed by atoms with Gasteiger partial charge >= 0.3 is 0 Å². The Labute approximate surface area is 531 Å². The van der Waals surface area contributed by atoms with Gasteiger partial charge in [0.2, 0.25) is 5.91 Å². The van der Waals surface area contributed by atoms with E-state index in [1.54, 1.807) is 6.08 Å². The van der Waals surface area contributed by atoms with Crippen LogP contribution in [-0.4, -0.2) is 68.5 Å². The molecule has 3 unspecified atom stereocenters. The molecule has 0 aromatic carbocycles. The number of amides is 1. The zero-order valence-electron chi connectivity index (χ0n) is 56.2. The molecule has 0 fully saturated rings. The first-order chi connectivity index (χ1) is 42.0. The van der Waals surface area contributed by atoms with Crippen molar-refractivity contribution in [2.24, 2.45) is 0 Å². The second-order valence-electron chi connectivity index (χ2n) is 24.5. The Morgan fingerprint density at radius 1 is 0.419 bits per heavy atom. The smallest absolute Gasteiger partial charge is 0.268 e. The summed E-state index contributed by atoms with van der Waals surface area (Å²) >= 11 is 0. The van der Waals surface area contributed by atoms with Gasteiger partial charge in [-0.25, -0.2) is 0 Å². The van der Waals surface area contributed by atoms with Crippen LogP contribution in [-0.2, 0) is 18.4 Å². The summed E-state index contributed by atoms with van der Waals surface area (Å²) in [6.07, 6.45) is 101. The molecule has 1 amide bonds. The fourth-order valence-electron chi connectivity index (χ4n) is 9.59. The van der Waals surface area contributed by atoms with Crippen molar-refractivity contribution in [2.75, 3.05) is 40.9 Å². The molecule has 0 heterocycles. The van der Waals surface area contributed by atoms with Crippen LogP contribution in [0.1, 0.15) is 284 Å². The number of aliphatic hydroxyl groups excluding tert-OH is 1. The summed E-state index contributed by atoms with van der Waals surface area (Å²) in [4.78, 5) is 25.6. The van der Waals surface area contributed by atoms with Crippen LogP contribution >= 0.6 is 7.82 Å². The Balaban J connectivity index is 4.23. The topological polar surface area (TPSA) is 108 Å². The lowest BCUT2D eigenvalue weighted by Gasteiger charge is -2.29. The summed E-state index contributed by atoms with van der Waals surface area (Å²) in [5.74, 6) is -0.227. The van der Waals surface area contributed by atoms with Crippen LogP contribution in [0.5, 0.6) is 0 Å². The summed E-state index contributed by atoms with van der Waals surface area (Å²) in [5.41, 5.74) is 0. The molecule has 0 saturated heterocycles. The Hall–Kier alpha value is -3.62. The maximum atomic E-state index is 13.0. The van der Waals surface area contributed by atoms with Gasteiger partial charge in [0.25, 0.3) is 7.82 Å². The number of phosphoric acid groups is 1. The maximum absolute atomic E-state index is 13.0. The number of unbranched alkanes of at least 4 members (excludes halogenated alkanes) is 28. The first kappa shape index (κ1) is 82.4. The Bertz CT molecular complexity index is 1910. The van der Waals surface area contributed by atoms with Gasteiger partial charge in [-0.05, 0) is 116 Å². The standard InChI is InChI=1S/C77H133N2O6P/c1-6-8-10-12-14-16-18-20-22-24-26-28-30-32-34-36-37-38-39-40-41-43-45-47-49-51-53-55-57-59-61-63-65-67-69-71-77(81)78-75(74-85-86(82,83)84-73-72-79(3,4)5)76(80)70-68-66-64-62-60-58-56-54-52-50-48-46-44-42-35-33-31-29-27-25-23-21-19-17-15-13-11-9-7-2/h8,10,14,16,20,22,26,28,32,34,37-38,40-41,45,47,51-54,60,62,68,70,75-76,80H,6-7,9,11-13,15,17-19,21,23-25,27,29-31,33,35-36,39,42-44,46,48-50,55-59,61,63-67,69,71-74H2,1-5H3,(H-,78,81,82,83)/b10-8-,16-14-,22-20-,28-26-,34-32-,38-37-,41-40-,47-45-,53-51-,54-52+,62-60+,70-68+. The van der Waals surface area contributed by atoms with Gasteiger partial charge in [-0.1, -0.05) is 307 Å². The Morgan fingerprint density at radius 2 is 0.721 bits per heavy atom. The predicted molar refractivity (Wildman–Crippen MR) is 375 cm³/mol. The molecule has 3 atom stereocenters. The van der Waals surface area contributed by atoms with Gasteiger partial charge in [-0.3, -0.25) is 9.36 Å². The van der Waals surface area contributed by atoms with Crippen molar-refractivity contribution in [3.05, 3.63) is 146 Å². The van der Waals surface area contributed by atoms with Gasteiger partial charge < -0.3 is 28.8 Å². The molecule has 9 heteroatoms. The molecule has 0 aliphatic rings. The number of aliphatic hydroxyl groups is 1. The van der Waals surface area contributed by atoms with Crippen LogP contribution in [0.3, 0.4) is 0 Å². The normalized spacial score (nSPS) is 14.5. The molecule has 8 nitrogen and oxygen atoms in total. The third-order valence-electron chi connectivity index (χ3n) is 15.0. The van der Waals surface area contributed by atoms with Crippen LogP contribution in [0.15, 0.2) is 146 Å². The zero-order chi connectivity index (χ0) is 62.6. The van der Waals surface area contributed by atoms with E-state index in [1.807, 2.05) is 27.2 Å². The lowest BCUT2D eigenvalue weighted by molar-refractivity contribution is -0.870. The molecular formula is C77H133N2O6P. The molecule has 0 saturated carbocycles. The van der Waals surface area contributed by atoms with Crippen molar-refractivity contribution >= 4 is 13.7 Å². The van der Waals surface area contributed by atoms with E-state index in [1.165, 1.54) is 148 Å². The molecule has 86 heavy (non-hydrogen) atoms. The summed E-state index contributed by atoms with van der Waals surface area (Å²) in [6.45, 7) is 4.51. The van der Waals surface area contributed by atoms with Crippen molar-refractivity contribution in [3.8, 4) is 0 Å². The Morgan fingerprint density at radius 3 is 1.08 bits per heavy atom. The number of hydrogen-bond acceptors (Lipinski definition) is 6. The van der Waals surface area contributed by atoms with E-state index in [-0.39, 0.29) is 12.5 Å². The number of carbonyl (C=O) groups excluding carboxylic acids is 1. The zero-order valence-corrected chi connectivity index (χ0v) is 57.1. The van der Waals surface area contributed by atoms with E-state index < -0.39 is 26.6 Å². The van der Waals surface area contributed by atoms with Crippen molar-refractivity contribution in [1.82, 2.24) is 5.32 Å². The number of rotatable bonds is 63. The molecule has 0 bridgehead atoms. The van der Waals surface area contributed by atoms with Crippen molar-refractivity contribution < 1.29 is 32.9 Å². The number of carbonyl (C=O) groups is 1. The van der Waals surface area contributed by atoms with Crippen molar-refractivity contribution in [1.29, 1.82) is 0 Å². The lowest BCUT2D eigenvalue weighted by Crippen LogP contribution is -2.45. The highest BCUT2D eigenvalue weighted by atomic mass is 31.2. The molecular weight excluding hydrogens is 1080 g/mol. The minimum absolute atomic E-state index is 0.0190. The molecule has 0 aromatic heterocycles. The molecule has 0 radical (unpaired) electrons. The number of hydrogen-bond donors (Lipinski definition) is 2. The summed E-state index contributed by atoms with van der Waals surface area (Å²) < 4.78 is 23.4. The third-order valence-corrected chi connectivity index (χ3v) is 16.0. The van der Waals surface area contributed by atoms with Crippen molar-refractivity contribution in [3.63, 3.8) is 0 Å². The van der Waals surface area contributed by atoms with E-state index in [0.29, 0.717) is 17.4 Å². The highest BCUT2D eigenvalue weighted by Crippen LogP contribution is 2.38. The van der Waals surface area contributed by atoms with E-state index in [0.717, 1.165) is 116 Å². The molecule has 0 aliphatic carbocycles. The van der Waals surface area contributed by atoms with E-state index >= 15 is 0 Å². The van der Waals surface area contributed by atoms with Crippen molar-refractivity contribution in [2.45, 2.75) is 296 Å². The Kier molecular flexibility index (Phi) is 63.0. The van der Waals surface area contributed by atoms with Crippen LogP contribution in [0, 0.1) is 0 Å². The molecule has 0 aliphatic heterocycles. The van der Waals surface area contributed by atoms with Gasteiger partial charge in [0.15, 0.2) is 0 Å². The number of likely N-dealkylation sites (N-methyl/N-ethyl adjacent to an activating group) is 1. The van der Waals surface area contributed by atoms with Crippen LogP contribution in [0.4, 0.5) is 0 Å². The second-order valence-corrected chi connectivity index (χ2v) is 25.9. The fourth-order valence-corrected chi connectivity index (χ4v) is 10.3. The minimum Gasteiger partial charge on any atom is -0.756 e. The summed E-state index contributed by atoms with van der Waals surface area (Å²) in [7, 11) is 1.21. The number of nitrogens with one attached hydrogen (secondary N) is 1. The van der Waals surface area contributed by atoms with E-state index in [4.69, 9.17) is 9.05 Å². The molecule has 0 spiro atoms. The first-order valence-electron chi connectivity index (χ1n) is 35.2. The molecule has 2 N–H and O–H groups in total. The maximum Gasteiger partial charge on any atom is 0.268 e. The SMILES string of the molecule is CC/C=C\C/C=C\C/C=C\C/C=C\C/C=C\C/C=C\C/C=C\C/C=C\C/C=C\CCCCCCCCCC(=O)NC(COP(=O)([O-])OCC[N+](C)(C)C)C(O)/C=C/CC/C=C/CC/C=C/CCCCCCCCCCCCCCCCCCCCC. The molecule has 492 valence electrons. The average Bonchev–Trinajstić information content (AvgIpc) is 3.70. The van der Waals surface area contributed by atoms with E-state index in [9.17, 15) is 19.4 Å². The molecule has 0 rings (SSSR count). The van der Waals surface area contributed by atoms with E-state index in [2.05, 4.69) is 153 Å². The number of quaternary nitrogens is 1. The second kappa shape index (κ2) is 65.8. The number of allylic oxidation sites excluding steroid dienone is 23. The third kappa shape index (κ3) is 67.9. The lowest BCUT2D eigenvalue weighted by atomic mass is 10.0. The first-order valence-corrected chi connectivity index (χ1v) is 36.7. The van der Waals surface area contributed by atoms with Gasteiger partial charge in [0.1, 0.15) is 13.2 Å². The van der Waals surface area contributed by atoms with Gasteiger partial charge in [0, 0.05) is 6.42 Å². The van der Waals surface area contributed by atoms with Gasteiger partial charge in [0.05, 0.1) is 39.9 Å². The predicted octanol–water partition coefficient (Wildman–Crippen LogP) is 22.1. The van der Waals surface area contributed by atoms with Gasteiger partial charge in [-0.15, -0.1) is 0 Å². The average molecular weight is 1210 g/mol. The summed E-state index contributed by atoms with van der Waals surface area (Å²) in [6, 6.07) is -0.929. The fraction of sp³-hybridized carbons (Fsp3) is 0.675. The molecule has 0 aromatic rings. The quantitative estimate of drug-likeness (QED) is 0.0272. The number of phosphoric ester groups is 1. The summed E-state index contributed by atoms with van der Waals surface area (Å²) in [5, 5.41) is 13.9. The van der Waals surface area contributed by atoms with Crippen LogP contribution in [0.2, 0.25) is 0 Å².